The zero-order valence-electron chi connectivity index (χ0n) is 13.1. The van der Waals surface area contributed by atoms with E-state index in [9.17, 15) is 14.7 Å². The van der Waals surface area contributed by atoms with Crippen molar-refractivity contribution in [3.8, 4) is 5.88 Å². The van der Waals surface area contributed by atoms with Crippen LogP contribution in [0.15, 0.2) is 44.5 Å². The molecule has 6 heteroatoms. The van der Waals surface area contributed by atoms with Gasteiger partial charge in [0.25, 0.3) is 5.56 Å². The van der Waals surface area contributed by atoms with Crippen LogP contribution in [-0.2, 0) is 5.54 Å². The molecule has 0 saturated heterocycles. The number of benzene rings is 1. The summed E-state index contributed by atoms with van der Waals surface area (Å²) in [6, 6.07) is 7.56. The normalized spacial score (nSPS) is 15.2. The Hall–Kier alpha value is -2.89. The fourth-order valence-electron chi connectivity index (χ4n) is 2.55. The van der Waals surface area contributed by atoms with Crippen molar-refractivity contribution in [1.29, 1.82) is 0 Å². The molecule has 1 aliphatic rings. The fraction of sp³-hybridized carbons (Fsp3) is 0.235. The van der Waals surface area contributed by atoms with Crippen LogP contribution in [-0.4, -0.2) is 14.7 Å². The number of nitrogens with one attached hydrogen (secondary N) is 1. The number of aromatic nitrogens is 2. The summed E-state index contributed by atoms with van der Waals surface area (Å²) < 4.78 is 1.16. The van der Waals surface area contributed by atoms with Crippen LogP contribution >= 0.6 is 0 Å². The third kappa shape index (κ3) is 2.63. The molecule has 0 fully saturated rings. The molecule has 1 aromatic heterocycles. The third-order valence-electron chi connectivity index (χ3n) is 3.57. The zero-order valence-corrected chi connectivity index (χ0v) is 13.1. The van der Waals surface area contributed by atoms with Crippen LogP contribution in [0.25, 0.3) is 12.2 Å². The number of hydrogen-bond donors (Lipinski definition) is 2. The number of allylic oxidation sites excluding steroid dienone is 1. The van der Waals surface area contributed by atoms with E-state index < -0.39 is 16.8 Å². The number of fused-ring (bicyclic) bond motifs is 1. The topological polar surface area (TPSA) is 87.4 Å². The van der Waals surface area contributed by atoms with E-state index in [-0.39, 0.29) is 11.4 Å². The summed E-state index contributed by atoms with van der Waals surface area (Å²) >= 11 is 0. The van der Waals surface area contributed by atoms with Gasteiger partial charge in [0.05, 0.1) is 11.1 Å². The summed E-state index contributed by atoms with van der Waals surface area (Å²) in [5.74, 6) is -0.363. The first kappa shape index (κ1) is 15.0. The number of para-hydroxylation sites is 1. The van der Waals surface area contributed by atoms with Crippen LogP contribution in [0.5, 0.6) is 5.88 Å². The van der Waals surface area contributed by atoms with Crippen molar-refractivity contribution < 1.29 is 5.11 Å². The first-order chi connectivity index (χ1) is 10.8. The van der Waals surface area contributed by atoms with Gasteiger partial charge in [0.2, 0.25) is 5.88 Å². The zero-order chi connectivity index (χ0) is 16.8. The molecular weight excluding hydrogens is 294 g/mol. The van der Waals surface area contributed by atoms with Gasteiger partial charge in [0, 0.05) is 10.8 Å². The Morgan fingerprint density at radius 2 is 1.91 bits per heavy atom. The van der Waals surface area contributed by atoms with E-state index in [1.807, 2.05) is 30.3 Å². The number of H-pyrrole nitrogens is 1. The van der Waals surface area contributed by atoms with Crippen molar-refractivity contribution in [2.24, 2.45) is 4.99 Å². The van der Waals surface area contributed by atoms with Crippen molar-refractivity contribution in [3.63, 3.8) is 0 Å². The molecule has 3 rings (SSSR count). The van der Waals surface area contributed by atoms with Crippen LogP contribution in [0.4, 0.5) is 0 Å². The molecule has 0 saturated carbocycles. The Balaban J connectivity index is 2.23. The molecular formula is C17H17N3O3. The Morgan fingerprint density at radius 3 is 2.57 bits per heavy atom. The summed E-state index contributed by atoms with van der Waals surface area (Å²) in [5.41, 5.74) is -1.38. The molecule has 0 bridgehead atoms. The molecule has 2 heterocycles. The Kier molecular flexibility index (Phi) is 3.32. The Bertz CT molecular complexity index is 1010. The summed E-state index contributed by atoms with van der Waals surface area (Å²) in [5, 5.41) is 12.2. The number of aromatic amines is 1. The predicted molar refractivity (Wildman–Crippen MR) is 87.6 cm³/mol. The van der Waals surface area contributed by atoms with Gasteiger partial charge in [0.1, 0.15) is 5.56 Å². The minimum Gasteiger partial charge on any atom is -0.494 e. The van der Waals surface area contributed by atoms with Crippen LogP contribution in [0.2, 0.25) is 0 Å². The predicted octanol–water partition coefficient (Wildman–Crippen LogP) is 0.452. The molecule has 0 spiro atoms. The number of rotatable bonds is 1. The lowest BCUT2D eigenvalue weighted by Gasteiger charge is -2.23. The van der Waals surface area contributed by atoms with Crippen LogP contribution < -0.4 is 21.8 Å². The van der Waals surface area contributed by atoms with Gasteiger partial charge in [-0.25, -0.2) is 9.79 Å². The van der Waals surface area contributed by atoms with E-state index in [4.69, 9.17) is 0 Å². The second-order valence-electron chi connectivity index (χ2n) is 6.39. The smallest absolute Gasteiger partial charge is 0.331 e. The van der Waals surface area contributed by atoms with Gasteiger partial charge >= 0.3 is 5.69 Å². The summed E-state index contributed by atoms with van der Waals surface area (Å²) in [6.45, 7) is 5.31. The number of aromatic hydroxyl groups is 1. The molecule has 0 amide bonds. The van der Waals surface area contributed by atoms with E-state index >= 15 is 0 Å². The summed E-state index contributed by atoms with van der Waals surface area (Å²) in [6.07, 6.45) is 3.30. The fourth-order valence-corrected chi connectivity index (χ4v) is 2.55. The molecule has 0 unspecified atom stereocenters. The van der Waals surface area contributed by atoms with E-state index in [1.165, 1.54) is 6.08 Å². The number of nitrogens with zero attached hydrogens (tertiary/aromatic N) is 2. The van der Waals surface area contributed by atoms with Crippen molar-refractivity contribution in [2.45, 2.75) is 26.3 Å². The van der Waals surface area contributed by atoms with Crippen LogP contribution in [0, 0.1) is 0 Å². The first-order valence-corrected chi connectivity index (χ1v) is 7.23. The first-order valence-electron chi connectivity index (χ1n) is 7.23. The average molecular weight is 311 g/mol. The molecule has 0 atom stereocenters. The van der Waals surface area contributed by atoms with Crippen molar-refractivity contribution in [2.75, 3.05) is 0 Å². The molecule has 23 heavy (non-hydrogen) atoms. The van der Waals surface area contributed by atoms with E-state index in [1.54, 1.807) is 20.8 Å². The highest BCUT2D eigenvalue weighted by Crippen LogP contribution is 2.22. The molecule has 1 aliphatic heterocycles. The lowest BCUT2D eigenvalue weighted by molar-refractivity contribution is 0.305. The van der Waals surface area contributed by atoms with Gasteiger partial charge < -0.3 is 5.11 Å². The lowest BCUT2D eigenvalue weighted by atomic mass is 10.1. The van der Waals surface area contributed by atoms with Crippen molar-refractivity contribution >= 4 is 12.2 Å². The van der Waals surface area contributed by atoms with Gasteiger partial charge in [-0.1, -0.05) is 18.2 Å². The van der Waals surface area contributed by atoms with Gasteiger partial charge in [0.15, 0.2) is 0 Å². The molecule has 6 nitrogen and oxygen atoms in total. The highest BCUT2D eigenvalue weighted by atomic mass is 16.3. The highest BCUT2D eigenvalue weighted by Gasteiger charge is 2.22. The summed E-state index contributed by atoms with van der Waals surface area (Å²) in [7, 11) is 0. The van der Waals surface area contributed by atoms with Crippen molar-refractivity contribution in [3.05, 3.63) is 66.9 Å². The molecule has 0 radical (unpaired) electrons. The molecule has 2 N–H and O–H groups in total. The largest absolute Gasteiger partial charge is 0.494 e. The molecule has 2 aromatic rings. The van der Waals surface area contributed by atoms with Gasteiger partial charge in [-0.05, 0) is 39.0 Å². The van der Waals surface area contributed by atoms with Crippen molar-refractivity contribution in [1.82, 2.24) is 9.55 Å². The second kappa shape index (κ2) is 5.08. The summed E-state index contributed by atoms with van der Waals surface area (Å²) in [4.78, 5) is 30.7. The van der Waals surface area contributed by atoms with Gasteiger partial charge in [-0.3, -0.25) is 14.3 Å². The minimum absolute atomic E-state index is 0.0160. The van der Waals surface area contributed by atoms with Gasteiger partial charge in [-0.15, -0.1) is 0 Å². The second-order valence-corrected chi connectivity index (χ2v) is 6.39. The maximum Gasteiger partial charge on any atom is 0.331 e. The van der Waals surface area contributed by atoms with E-state index in [2.05, 4.69) is 9.98 Å². The third-order valence-corrected chi connectivity index (χ3v) is 3.57. The quantitative estimate of drug-likeness (QED) is 0.801. The average Bonchev–Trinajstić information content (AvgIpc) is 2.84. The SMILES string of the molecule is CC(C)(C)n1c(O)c(/C=C2/C=c3ccccc3=N2)c(=O)[nH]c1=O. The lowest BCUT2D eigenvalue weighted by Crippen LogP contribution is -2.39. The minimum atomic E-state index is -0.669. The Morgan fingerprint density at radius 1 is 1.22 bits per heavy atom. The Labute approximate surface area is 131 Å². The van der Waals surface area contributed by atoms with Crippen LogP contribution in [0.3, 0.4) is 0 Å². The maximum atomic E-state index is 12.1. The highest BCUT2D eigenvalue weighted by molar-refractivity contribution is 5.67. The molecule has 1 aromatic carbocycles. The van der Waals surface area contributed by atoms with Crippen LogP contribution in [0.1, 0.15) is 26.3 Å². The van der Waals surface area contributed by atoms with Gasteiger partial charge in [-0.2, -0.15) is 0 Å². The standard InChI is InChI=1S/C17H17N3O3/c1-17(2,3)20-15(22)12(14(21)19-16(20)23)9-11-8-10-6-4-5-7-13(10)18-11/h4-9,22H,1-3H3,(H,19,21,23)/b11-9-. The molecule has 118 valence electrons. The molecule has 0 aliphatic carbocycles. The van der Waals surface area contributed by atoms with E-state index in [0.29, 0.717) is 5.70 Å². The van der Waals surface area contributed by atoms with E-state index in [0.717, 1.165) is 15.1 Å². The monoisotopic (exact) mass is 311 g/mol. The maximum absolute atomic E-state index is 12.1. The number of hydrogen-bond acceptors (Lipinski definition) is 4.